The number of nitrogens with zero attached hydrogens (tertiary/aromatic N) is 1. The van der Waals surface area contributed by atoms with Crippen molar-refractivity contribution >= 4 is 23.7 Å². The van der Waals surface area contributed by atoms with Crippen LogP contribution in [-0.2, 0) is 13.0 Å². The minimum Gasteiger partial charge on any atom is -0.497 e. The van der Waals surface area contributed by atoms with Crippen molar-refractivity contribution in [3.05, 3.63) is 94.5 Å². The van der Waals surface area contributed by atoms with Crippen molar-refractivity contribution in [2.75, 3.05) is 20.8 Å². The standard InChI is InChI=1S/C28H29ClN2O5/c1-5-9-20-12-19(17-30-31-28(32)22-14-23(33-3)16-24(15-22)34-4)13-26(35-6-2)27(20)36-18-21-10-7-8-11-25(21)29/h5,7-8,10-17H,1,6,9,18H2,2-4H3,(H,31,32)/b30-17+. The van der Waals surface area contributed by atoms with Gasteiger partial charge < -0.3 is 18.9 Å². The summed E-state index contributed by atoms with van der Waals surface area (Å²) < 4.78 is 22.4. The summed E-state index contributed by atoms with van der Waals surface area (Å²) in [6.45, 7) is 6.49. The topological polar surface area (TPSA) is 78.4 Å². The van der Waals surface area contributed by atoms with Gasteiger partial charge in [-0.2, -0.15) is 5.10 Å². The second-order valence-electron chi connectivity index (χ2n) is 7.61. The molecule has 36 heavy (non-hydrogen) atoms. The molecule has 0 saturated heterocycles. The second kappa shape index (κ2) is 13.2. The highest BCUT2D eigenvalue weighted by Gasteiger charge is 2.14. The van der Waals surface area contributed by atoms with E-state index < -0.39 is 5.91 Å². The Morgan fingerprint density at radius 3 is 2.39 bits per heavy atom. The van der Waals surface area contributed by atoms with E-state index in [4.69, 9.17) is 30.5 Å². The second-order valence-corrected chi connectivity index (χ2v) is 8.02. The maximum atomic E-state index is 12.6. The number of benzene rings is 3. The van der Waals surface area contributed by atoms with Crippen molar-refractivity contribution in [2.45, 2.75) is 20.0 Å². The minimum absolute atomic E-state index is 0.289. The number of hydrogen-bond acceptors (Lipinski definition) is 6. The number of ether oxygens (including phenoxy) is 4. The van der Waals surface area contributed by atoms with Crippen LogP contribution in [-0.4, -0.2) is 32.9 Å². The zero-order valence-corrected chi connectivity index (χ0v) is 21.3. The molecule has 3 aromatic carbocycles. The molecule has 0 saturated carbocycles. The largest absolute Gasteiger partial charge is 0.497 e. The lowest BCUT2D eigenvalue weighted by Crippen LogP contribution is -2.17. The molecule has 1 N–H and O–H groups in total. The predicted octanol–water partition coefficient (Wildman–Crippen LogP) is 5.83. The third-order valence-electron chi connectivity index (χ3n) is 5.14. The molecule has 1 amide bonds. The molecular formula is C28H29ClN2O5. The fourth-order valence-corrected chi connectivity index (χ4v) is 3.62. The normalized spacial score (nSPS) is 10.7. The number of amides is 1. The van der Waals surface area contributed by atoms with Gasteiger partial charge in [0.15, 0.2) is 11.5 Å². The molecule has 0 heterocycles. The fraction of sp³-hybridized carbons (Fsp3) is 0.214. The molecule has 0 unspecified atom stereocenters. The molecule has 0 aliphatic rings. The van der Waals surface area contributed by atoms with Gasteiger partial charge in [0.25, 0.3) is 5.91 Å². The summed E-state index contributed by atoms with van der Waals surface area (Å²) in [4.78, 5) is 12.6. The molecule has 3 aromatic rings. The number of carbonyl (C=O) groups is 1. The van der Waals surface area contributed by atoms with Gasteiger partial charge in [-0.3, -0.25) is 4.79 Å². The molecule has 0 bridgehead atoms. The fourth-order valence-electron chi connectivity index (χ4n) is 3.43. The Morgan fingerprint density at radius 2 is 1.75 bits per heavy atom. The molecule has 0 atom stereocenters. The van der Waals surface area contributed by atoms with Gasteiger partial charge in [-0.05, 0) is 49.2 Å². The first kappa shape index (κ1) is 26.6. The van der Waals surface area contributed by atoms with E-state index in [9.17, 15) is 4.79 Å². The van der Waals surface area contributed by atoms with E-state index >= 15 is 0 Å². The smallest absolute Gasteiger partial charge is 0.271 e. The highest BCUT2D eigenvalue weighted by Crippen LogP contribution is 2.34. The zero-order chi connectivity index (χ0) is 25.9. The van der Waals surface area contributed by atoms with E-state index in [2.05, 4.69) is 17.1 Å². The van der Waals surface area contributed by atoms with Gasteiger partial charge >= 0.3 is 0 Å². The van der Waals surface area contributed by atoms with Crippen molar-refractivity contribution in [1.82, 2.24) is 5.43 Å². The number of nitrogens with one attached hydrogen (secondary N) is 1. The SMILES string of the molecule is C=CCc1cc(/C=N/NC(=O)c2cc(OC)cc(OC)c2)cc(OCC)c1OCc1ccccc1Cl. The molecule has 3 rings (SSSR count). The van der Waals surface area contributed by atoms with Crippen LogP contribution in [0.3, 0.4) is 0 Å². The van der Waals surface area contributed by atoms with Crippen LogP contribution in [0.2, 0.25) is 5.02 Å². The van der Waals surface area contributed by atoms with E-state index in [0.717, 1.165) is 16.7 Å². The third-order valence-corrected chi connectivity index (χ3v) is 5.51. The summed E-state index contributed by atoms with van der Waals surface area (Å²) in [5.41, 5.74) is 5.35. The zero-order valence-electron chi connectivity index (χ0n) is 20.5. The van der Waals surface area contributed by atoms with Gasteiger partial charge in [0, 0.05) is 27.8 Å². The van der Waals surface area contributed by atoms with Gasteiger partial charge in [-0.15, -0.1) is 6.58 Å². The summed E-state index contributed by atoms with van der Waals surface area (Å²) in [6, 6.07) is 16.1. The van der Waals surface area contributed by atoms with E-state index in [1.807, 2.05) is 43.3 Å². The maximum absolute atomic E-state index is 12.6. The van der Waals surface area contributed by atoms with E-state index in [-0.39, 0.29) is 6.61 Å². The number of hydrazone groups is 1. The maximum Gasteiger partial charge on any atom is 0.271 e. The number of allylic oxidation sites excluding steroid dienone is 1. The Bertz CT molecular complexity index is 1220. The Kier molecular flexibility index (Phi) is 9.77. The Hall–Kier alpha value is -3.97. The summed E-state index contributed by atoms with van der Waals surface area (Å²) in [6.07, 6.45) is 3.88. The van der Waals surface area contributed by atoms with Crippen LogP contribution in [0.1, 0.15) is 34.0 Å². The van der Waals surface area contributed by atoms with Crippen LogP contribution in [0.15, 0.2) is 72.4 Å². The molecule has 0 fully saturated rings. The van der Waals surface area contributed by atoms with Crippen molar-refractivity contribution in [3.8, 4) is 23.0 Å². The van der Waals surface area contributed by atoms with Crippen molar-refractivity contribution in [1.29, 1.82) is 0 Å². The highest BCUT2D eigenvalue weighted by molar-refractivity contribution is 6.31. The Morgan fingerprint density at radius 1 is 1.03 bits per heavy atom. The summed E-state index contributed by atoms with van der Waals surface area (Å²) in [7, 11) is 3.04. The molecule has 8 heteroatoms. The predicted molar refractivity (Wildman–Crippen MR) is 142 cm³/mol. The molecule has 0 aliphatic carbocycles. The summed E-state index contributed by atoms with van der Waals surface area (Å²) >= 11 is 6.29. The lowest BCUT2D eigenvalue weighted by Gasteiger charge is -2.17. The lowest BCUT2D eigenvalue weighted by atomic mass is 10.1. The number of hydrogen-bond donors (Lipinski definition) is 1. The first-order valence-corrected chi connectivity index (χ1v) is 11.7. The average Bonchev–Trinajstić information content (AvgIpc) is 2.89. The van der Waals surface area contributed by atoms with Crippen molar-refractivity contribution in [2.24, 2.45) is 5.10 Å². The minimum atomic E-state index is -0.403. The molecule has 188 valence electrons. The number of rotatable bonds is 12. The van der Waals surface area contributed by atoms with Gasteiger partial charge in [0.1, 0.15) is 18.1 Å². The van der Waals surface area contributed by atoms with E-state index in [0.29, 0.717) is 46.6 Å². The Labute approximate surface area is 216 Å². The average molecular weight is 509 g/mol. The summed E-state index contributed by atoms with van der Waals surface area (Å²) in [5.74, 6) is 1.78. The van der Waals surface area contributed by atoms with Gasteiger partial charge in [0.2, 0.25) is 0 Å². The lowest BCUT2D eigenvalue weighted by molar-refractivity contribution is 0.0954. The monoisotopic (exact) mass is 508 g/mol. The van der Waals surface area contributed by atoms with Crippen LogP contribution in [0, 0.1) is 0 Å². The Balaban J connectivity index is 1.82. The van der Waals surface area contributed by atoms with Gasteiger partial charge in [0.05, 0.1) is 27.0 Å². The third kappa shape index (κ3) is 7.02. The van der Waals surface area contributed by atoms with Gasteiger partial charge in [-0.1, -0.05) is 35.9 Å². The van der Waals surface area contributed by atoms with Crippen LogP contribution in [0.5, 0.6) is 23.0 Å². The van der Waals surface area contributed by atoms with Crippen LogP contribution in [0.4, 0.5) is 0 Å². The van der Waals surface area contributed by atoms with Crippen LogP contribution in [0.25, 0.3) is 0 Å². The number of carbonyl (C=O) groups excluding carboxylic acids is 1. The quantitative estimate of drug-likeness (QED) is 0.189. The molecule has 0 radical (unpaired) electrons. The number of methoxy groups -OCH3 is 2. The van der Waals surface area contributed by atoms with Crippen LogP contribution < -0.4 is 24.4 Å². The molecule has 0 spiro atoms. The summed E-state index contributed by atoms with van der Waals surface area (Å²) in [5, 5.41) is 4.75. The van der Waals surface area contributed by atoms with Gasteiger partial charge in [-0.25, -0.2) is 5.43 Å². The molecule has 0 aliphatic heterocycles. The first-order chi connectivity index (χ1) is 17.5. The van der Waals surface area contributed by atoms with Crippen molar-refractivity contribution in [3.63, 3.8) is 0 Å². The molecule has 7 nitrogen and oxygen atoms in total. The molecular weight excluding hydrogens is 480 g/mol. The molecule has 0 aromatic heterocycles. The van der Waals surface area contributed by atoms with Crippen LogP contribution >= 0.6 is 11.6 Å². The van der Waals surface area contributed by atoms with Crippen molar-refractivity contribution < 1.29 is 23.7 Å². The van der Waals surface area contributed by atoms with E-state index in [1.54, 1.807) is 30.5 Å². The number of halogens is 1. The van der Waals surface area contributed by atoms with E-state index in [1.165, 1.54) is 14.2 Å². The highest BCUT2D eigenvalue weighted by atomic mass is 35.5. The first-order valence-electron chi connectivity index (χ1n) is 11.3.